The van der Waals surface area contributed by atoms with Crippen LogP contribution in [0.15, 0.2) is 42.9 Å². The fourth-order valence-electron chi connectivity index (χ4n) is 1.17. The first-order valence-electron chi connectivity index (χ1n) is 5.11. The van der Waals surface area contributed by atoms with Crippen molar-refractivity contribution in [2.24, 2.45) is 0 Å². The fraction of sp³-hybridized carbons (Fsp3) is 0.333. The minimum Gasteiger partial charge on any atom is -0.469 e. The van der Waals surface area contributed by atoms with Crippen LogP contribution in [0.5, 0.6) is 0 Å². The van der Waals surface area contributed by atoms with E-state index in [2.05, 4.69) is 11.3 Å². The minimum absolute atomic E-state index is 0.208. The van der Waals surface area contributed by atoms with Crippen LogP contribution in [0.2, 0.25) is 0 Å². The Morgan fingerprint density at radius 2 is 1.94 bits per heavy atom. The van der Waals surface area contributed by atoms with Crippen LogP contribution in [0.3, 0.4) is 0 Å². The number of carbonyl (C=O) groups excluding carboxylic acids is 1. The molecule has 0 aliphatic rings. The Morgan fingerprint density at radius 1 is 1.25 bits per heavy atom. The summed E-state index contributed by atoms with van der Waals surface area (Å²) in [4.78, 5) is 16.3. The van der Waals surface area contributed by atoms with E-state index in [4.69, 9.17) is 4.84 Å². The lowest BCUT2D eigenvalue weighted by molar-refractivity contribution is -0.880. The van der Waals surface area contributed by atoms with Gasteiger partial charge in [-0.1, -0.05) is 12.6 Å². The molecule has 0 atom stereocenters. The highest BCUT2D eigenvalue weighted by atomic mass is 16.7. The molecule has 4 heteroatoms. The minimum atomic E-state index is -0.208. The zero-order chi connectivity index (χ0) is 11.8. The van der Waals surface area contributed by atoms with Crippen molar-refractivity contribution in [3.63, 3.8) is 0 Å². The van der Waals surface area contributed by atoms with Crippen molar-refractivity contribution in [1.29, 1.82) is 0 Å². The molecule has 0 saturated carbocycles. The van der Waals surface area contributed by atoms with Gasteiger partial charge in [0.15, 0.2) is 5.76 Å². The first-order chi connectivity index (χ1) is 7.72. The molecule has 0 unspecified atom stereocenters. The first kappa shape index (κ1) is 12.2. The summed E-state index contributed by atoms with van der Waals surface area (Å²) in [6.45, 7) is 3.78. The van der Waals surface area contributed by atoms with Gasteiger partial charge in [0.2, 0.25) is 12.4 Å². The van der Waals surface area contributed by atoms with Gasteiger partial charge in [-0.05, 0) is 6.42 Å². The van der Waals surface area contributed by atoms with Crippen molar-refractivity contribution in [2.45, 2.75) is 19.3 Å². The van der Waals surface area contributed by atoms with Crippen molar-refractivity contribution in [3.8, 4) is 0 Å². The van der Waals surface area contributed by atoms with Gasteiger partial charge < -0.3 is 4.74 Å². The third-order valence-electron chi connectivity index (χ3n) is 1.99. The number of methoxy groups -OCH3 is 1. The molecule has 86 valence electrons. The molecule has 1 rings (SSSR count). The van der Waals surface area contributed by atoms with Crippen LogP contribution in [0, 0.1) is 0 Å². The number of pyridine rings is 1. The zero-order valence-electron chi connectivity index (χ0n) is 9.39. The average Bonchev–Trinajstić information content (AvgIpc) is 2.30. The normalized spacial score (nSPS) is 9.56. The zero-order valence-corrected chi connectivity index (χ0v) is 9.39. The SMILES string of the molecule is C=C(CCCC(=O)OC)O[n+]1ccccc1. The summed E-state index contributed by atoms with van der Waals surface area (Å²) in [6.07, 6.45) is 5.27. The smallest absolute Gasteiger partial charge is 0.305 e. The molecule has 1 heterocycles. The summed E-state index contributed by atoms with van der Waals surface area (Å²) in [5.41, 5.74) is 0. The lowest BCUT2D eigenvalue weighted by Crippen LogP contribution is -2.40. The number of hydrogen-bond donors (Lipinski definition) is 0. The van der Waals surface area contributed by atoms with Crippen LogP contribution in [-0.2, 0) is 9.53 Å². The summed E-state index contributed by atoms with van der Waals surface area (Å²) in [7, 11) is 1.38. The molecular weight excluding hydrogens is 206 g/mol. The number of rotatable bonds is 6. The van der Waals surface area contributed by atoms with Gasteiger partial charge in [-0.25, -0.2) is 4.84 Å². The van der Waals surface area contributed by atoms with Gasteiger partial charge in [0, 0.05) is 29.7 Å². The Kier molecular flexibility index (Phi) is 5.05. The number of allylic oxidation sites excluding steroid dienone is 1. The monoisotopic (exact) mass is 222 g/mol. The summed E-state index contributed by atoms with van der Waals surface area (Å²) < 4.78 is 6.11. The van der Waals surface area contributed by atoms with Crippen molar-refractivity contribution >= 4 is 5.97 Å². The van der Waals surface area contributed by atoms with Gasteiger partial charge in [0.1, 0.15) is 0 Å². The van der Waals surface area contributed by atoms with Gasteiger partial charge in [-0.3, -0.25) is 4.79 Å². The van der Waals surface area contributed by atoms with Gasteiger partial charge in [0.25, 0.3) is 0 Å². The maximum Gasteiger partial charge on any atom is 0.305 e. The summed E-state index contributed by atoms with van der Waals surface area (Å²) in [6, 6.07) is 5.63. The average molecular weight is 222 g/mol. The van der Waals surface area contributed by atoms with E-state index < -0.39 is 0 Å². The van der Waals surface area contributed by atoms with E-state index in [0.717, 1.165) is 0 Å². The second-order valence-corrected chi connectivity index (χ2v) is 3.30. The predicted molar refractivity (Wildman–Crippen MR) is 58.2 cm³/mol. The van der Waals surface area contributed by atoms with Gasteiger partial charge in [0.05, 0.1) is 7.11 Å². The van der Waals surface area contributed by atoms with Crippen molar-refractivity contribution < 1.29 is 19.1 Å². The van der Waals surface area contributed by atoms with E-state index in [1.165, 1.54) is 7.11 Å². The van der Waals surface area contributed by atoms with E-state index in [1.807, 2.05) is 18.2 Å². The van der Waals surface area contributed by atoms with Crippen LogP contribution >= 0.6 is 0 Å². The van der Waals surface area contributed by atoms with E-state index in [1.54, 1.807) is 17.1 Å². The topological polar surface area (TPSA) is 39.4 Å². The molecule has 0 bridgehead atoms. The highest BCUT2D eigenvalue weighted by molar-refractivity contribution is 5.69. The molecule has 0 fully saturated rings. The summed E-state index contributed by atoms with van der Waals surface area (Å²) in [5, 5.41) is 0. The molecule has 4 nitrogen and oxygen atoms in total. The van der Waals surface area contributed by atoms with Crippen LogP contribution in [0.4, 0.5) is 0 Å². The highest BCUT2D eigenvalue weighted by Gasteiger charge is 2.06. The van der Waals surface area contributed by atoms with Crippen molar-refractivity contribution in [3.05, 3.63) is 42.9 Å². The van der Waals surface area contributed by atoms with E-state index in [9.17, 15) is 4.79 Å². The van der Waals surface area contributed by atoms with E-state index in [-0.39, 0.29) is 5.97 Å². The second kappa shape index (κ2) is 6.61. The number of aromatic nitrogens is 1. The number of hydrogen-bond acceptors (Lipinski definition) is 3. The van der Waals surface area contributed by atoms with Crippen LogP contribution < -0.4 is 9.57 Å². The Labute approximate surface area is 95.1 Å². The second-order valence-electron chi connectivity index (χ2n) is 3.30. The Morgan fingerprint density at radius 3 is 2.56 bits per heavy atom. The third kappa shape index (κ3) is 4.59. The van der Waals surface area contributed by atoms with E-state index in [0.29, 0.717) is 25.0 Å². The molecule has 0 radical (unpaired) electrons. The van der Waals surface area contributed by atoms with Crippen LogP contribution in [-0.4, -0.2) is 13.1 Å². The van der Waals surface area contributed by atoms with Gasteiger partial charge >= 0.3 is 5.97 Å². The standard InChI is InChI=1S/C12H16NO3/c1-11(7-6-8-12(14)15-2)16-13-9-4-3-5-10-13/h3-5,9-10H,1,6-8H2,2H3/q+1. The molecule has 0 aliphatic carbocycles. The van der Waals surface area contributed by atoms with Crippen molar-refractivity contribution in [2.75, 3.05) is 7.11 Å². The molecular formula is C12H16NO3+. The quantitative estimate of drug-likeness (QED) is 0.413. The molecule has 1 aromatic heterocycles. The lowest BCUT2D eigenvalue weighted by atomic mass is 10.2. The van der Waals surface area contributed by atoms with Gasteiger partial charge in [-0.2, -0.15) is 0 Å². The number of carbonyl (C=O) groups is 1. The number of nitrogens with zero attached hydrogens (tertiary/aromatic N) is 1. The molecule has 0 spiro atoms. The Hall–Kier alpha value is -1.84. The summed E-state index contributed by atoms with van der Waals surface area (Å²) in [5.74, 6) is 0.417. The van der Waals surface area contributed by atoms with Crippen molar-refractivity contribution in [1.82, 2.24) is 0 Å². The number of esters is 1. The molecule has 16 heavy (non-hydrogen) atoms. The fourth-order valence-corrected chi connectivity index (χ4v) is 1.17. The molecule has 0 aliphatic heterocycles. The maximum atomic E-state index is 10.9. The lowest BCUT2D eigenvalue weighted by Gasteiger charge is -2.01. The number of ether oxygens (including phenoxy) is 1. The maximum absolute atomic E-state index is 10.9. The molecule has 0 N–H and O–H groups in total. The van der Waals surface area contributed by atoms with E-state index >= 15 is 0 Å². The molecule has 0 aromatic carbocycles. The first-order valence-corrected chi connectivity index (χ1v) is 5.11. The summed E-state index contributed by atoms with van der Waals surface area (Å²) >= 11 is 0. The predicted octanol–water partition coefficient (Wildman–Crippen LogP) is 1.26. The van der Waals surface area contributed by atoms with Crippen LogP contribution in [0.1, 0.15) is 19.3 Å². The third-order valence-corrected chi connectivity index (χ3v) is 1.99. The van der Waals surface area contributed by atoms with Crippen LogP contribution in [0.25, 0.3) is 0 Å². The molecule has 1 aromatic rings. The Bertz CT molecular complexity index is 349. The largest absolute Gasteiger partial charge is 0.469 e. The van der Waals surface area contributed by atoms with Gasteiger partial charge in [-0.15, -0.1) is 0 Å². The molecule has 0 saturated heterocycles. The molecule has 0 amide bonds. The Balaban J connectivity index is 2.24. The highest BCUT2D eigenvalue weighted by Crippen LogP contribution is 2.03.